The van der Waals surface area contributed by atoms with Gasteiger partial charge in [-0.15, -0.1) is 0 Å². The number of rotatable bonds is 7. The SMILES string of the molecule is C=Cc1c(C#N)[nH]c(/C=N/OC)c1-c1ccc(OC)c(OC)c1OC. The summed E-state index contributed by atoms with van der Waals surface area (Å²) >= 11 is 0. The minimum Gasteiger partial charge on any atom is -0.493 e. The molecule has 130 valence electrons. The van der Waals surface area contributed by atoms with Gasteiger partial charge in [-0.1, -0.05) is 17.8 Å². The summed E-state index contributed by atoms with van der Waals surface area (Å²) in [6.45, 7) is 3.81. The summed E-state index contributed by atoms with van der Waals surface area (Å²) in [5, 5.41) is 13.2. The number of ether oxygens (including phenoxy) is 3. The molecule has 0 bridgehead atoms. The standard InChI is InChI=1S/C18H19N3O4/c1-6-11-13(9-19)21-14(10-20-25-5)16(11)12-7-8-15(22-2)18(24-4)17(12)23-3/h6-8,10,21H,1H2,2-5H3/b20-10+. The first-order valence-corrected chi connectivity index (χ1v) is 7.31. The number of hydrogen-bond acceptors (Lipinski definition) is 6. The monoisotopic (exact) mass is 341 g/mol. The Morgan fingerprint density at radius 3 is 2.36 bits per heavy atom. The third-order valence-corrected chi connectivity index (χ3v) is 3.64. The van der Waals surface area contributed by atoms with Crippen LogP contribution in [-0.2, 0) is 4.84 Å². The summed E-state index contributed by atoms with van der Waals surface area (Å²) in [4.78, 5) is 7.77. The second kappa shape index (κ2) is 7.93. The first kappa shape index (κ1) is 17.9. The van der Waals surface area contributed by atoms with Gasteiger partial charge in [0.25, 0.3) is 0 Å². The molecule has 25 heavy (non-hydrogen) atoms. The lowest BCUT2D eigenvalue weighted by molar-refractivity contribution is 0.215. The van der Waals surface area contributed by atoms with Crippen molar-refractivity contribution in [1.82, 2.24) is 4.98 Å². The van der Waals surface area contributed by atoms with Crippen molar-refractivity contribution in [2.45, 2.75) is 0 Å². The molecule has 7 heteroatoms. The van der Waals surface area contributed by atoms with E-state index in [-0.39, 0.29) is 0 Å². The number of methoxy groups -OCH3 is 3. The Bertz CT molecular complexity index is 847. The van der Waals surface area contributed by atoms with Gasteiger partial charge in [0.05, 0.1) is 33.2 Å². The van der Waals surface area contributed by atoms with Crippen molar-refractivity contribution >= 4 is 12.3 Å². The van der Waals surface area contributed by atoms with Crippen molar-refractivity contribution in [3.8, 4) is 34.4 Å². The van der Waals surface area contributed by atoms with Crippen LogP contribution in [0.4, 0.5) is 0 Å². The summed E-state index contributed by atoms with van der Waals surface area (Å²) in [7, 11) is 6.06. The number of oxime groups is 1. The molecule has 1 aromatic heterocycles. The number of nitrogens with zero attached hydrogens (tertiary/aromatic N) is 2. The van der Waals surface area contributed by atoms with Crippen LogP contribution in [0.25, 0.3) is 17.2 Å². The fourth-order valence-electron chi connectivity index (χ4n) is 2.62. The zero-order valence-electron chi connectivity index (χ0n) is 14.5. The quantitative estimate of drug-likeness (QED) is 0.617. The summed E-state index contributed by atoms with van der Waals surface area (Å²) in [6, 6.07) is 5.70. The highest BCUT2D eigenvalue weighted by Gasteiger charge is 2.23. The molecule has 7 nitrogen and oxygen atoms in total. The number of aromatic amines is 1. The molecule has 0 spiro atoms. The van der Waals surface area contributed by atoms with Gasteiger partial charge >= 0.3 is 0 Å². The topological polar surface area (TPSA) is 88.9 Å². The highest BCUT2D eigenvalue weighted by atomic mass is 16.6. The van der Waals surface area contributed by atoms with Gasteiger partial charge in [-0.2, -0.15) is 5.26 Å². The summed E-state index contributed by atoms with van der Waals surface area (Å²) < 4.78 is 16.3. The van der Waals surface area contributed by atoms with Crippen LogP contribution in [0.15, 0.2) is 23.9 Å². The van der Waals surface area contributed by atoms with E-state index in [1.54, 1.807) is 19.3 Å². The maximum atomic E-state index is 9.39. The second-order valence-electron chi connectivity index (χ2n) is 4.82. The lowest BCUT2D eigenvalue weighted by Gasteiger charge is -2.16. The Morgan fingerprint density at radius 1 is 1.12 bits per heavy atom. The molecule has 1 heterocycles. The summed E-state index contributed by atoms with van der Waals surface area (Å²) in [5.41, 5.74) is 2.97. The van der Waals surface area contributed by atoms with Gasteiger partial charge in [0.2, 0.25) is 5.75 Å². The third-order valence-electron chi connectivity index (χ3n) is 3.64. The van der Waals surface area contributed by atoms with E-state index in [2.05, 4.69) is 22.8 Å². The third kappa shape index (κ3) is 3.15. The van der Waals surface area contributed by atoms with E-state index in [1.807, 2.05) is 6.07 Å². The molecule has 2 rings (SSSR count). The lowest BCUT2D eigenvalue weighted by atomic mass is 9.98. The average molecular weight is 341 g/mol. The summed E-state index contributed by atoms with van der Waals surface area (Å²) in [5.74, 6) is 1.46. The molecule has 0 aliphatic rings. The first-order chi connectivity index (χ1) is 12.2. The first-order valence-electron chi connectivity index (χ1n) is 7.31. The van der Waals surface area contributed by atoms with Crippen molar-refractivity contribution in [3.05, 3.63) is 35.7 Å². The predicted octanol–water partition coefficient (Wildman–Crippen LogP) is 3.20. The van der Waals surface area contributed by atoms with Crippen molar-refractivity contribution < 1.29 is 19.0 Å². The van der Waals surface area contributed by atoms with Crippen molar-refractivity contribution in [3.63, 3.8) is 0 Å². The molecule has 0 amide bonds. The number of nitriles is 1. The van der Waals surface area contributed by atoms with Crippen LogP contribution in [0.2, 0.25) is 0 Å². The number of H-pyrrole nitrogens is 1. The van der Waals surface area contributed by atoms with Crippen LogP contribution in [0, 0.1) is 11.3 Å². The smallest absolute Gasteiger partial charge is 0.203 e. The van der Waals surface area contributed by atoms with E-state index < -0.39 is 0 Å². The highest BCUT2D eigenvalue weighted by Crippen LogP contribution is 2.46. The number of aromatic nitrogens is 1. The van der Waals surface area contributed by atoms with Gasteiger partial charge in [-0.25, -0.2) is 0 Å². The van der Waals surface area contributed by atoms with Gasteiger partial charge in [-0.05, 0) is 12.1 Å². The van der Waals surface area contributed by atoms with E-state index in [0.29, 0.717) is 45.3 Å². The fraction of sp³-hybridized carbons (Fsp3) is 0.222. The van der Waals surface area contributed by atoms with E-state index in [4.69, 9.17) is 19.0 Å². The van der Waals surface area contributed by atoms with Crippen molar-refractivity contribution in [2.24, 2.45) is 5.16 Å². The van der Waals surface area contributed by atoms with Crippen LogP contribution in [0.5, 0.6) is 17.2 Å². The Kier molecular flexibility index (Phi) is 5.69. The second-order valence-corrected chi connectivity index (χ2v) is 4.82. The maximum Gasteiger partial charge on any atom is 0.203 e. The van der Waals surface area contributed by atoms with Crippen LogP contribution < -0.4 is 14.2 Å². The molecule has 0 aliphatic heterocycles. The molecule has 0 saturated carbocycles. The minimum atomic E-state index is 0.361. The van der Waals surface area contributed by atoms with E-state index in [0.717, 1.165) is 0 Å². The molecule has 1 N–H and O–H groups in total. The molecular formula is C18H19N3O4. The Hall–Kier alpha value is -3.40. The van der Waals surface area contributed by atoms with Crippen molar-refractivity contribution in [2.75, 3.05) is 28.4 Å². The molecule has 0 atom stereocenters. The van der Waals surface area contributed by atoms with Gasteiger partial charge < -0.3 is 24.0 Å². The molecule has 0 unspecified atom stereocenters. The summed E-state index contributed by atoms with van der Waals surface area (Å²) in [6.07, 6.45) is 3.09. The molecule has 2 aromatic rings. The van der Waals surface area contributed by atoms with Crippen LogP contribution >= 0.6 is 0 Å². The normalized spacial score (nSPS) is 10.4. The van der Waals surface area contributed by atoms with Crippen LogP contribution in [0.1, 0.15) is 17.0 Å². The Labute approximate surface area is 146 Å². The van der Waals surface area contributed by atoms with E-state index in [9.17, 15) is 5.26 Å². The van der Waals surface area contributed by atoms with Crippen molar-refractivity contribution in [1.29, 1.82) is 5.26 Å². The van der Waals surface area contributed by atoms with Gasteiger partial charge in [0.1, 0.15) is 18.9 Å². The molecule has 0 fully saturated rings. The Morgan fingerprint density at radius 2 is 1.84 bits per heavy atom. The minimum absolute atomic E-state index is 0.361. The molecule has 0 saturated heterocycles. The van der Waals surface area contributed by atoms with Crippen LogP contribution in [-0.4, -0.2) is 39.6 Å². The van der Waals surface area contributed by atoms with Gasteiger partial charge in [0.15, 0.2) is 11.5 Å². The fourth-order valence-corrected chi connectivity index (χ4v) is 2.62. The number of benzene rings is 1. The zero-order valence-corrected chi connectivity index (χ0v) is 14.5. The highest BCUT2D eigenvalue weighted by molar-refractivity contribution is 5.96. The molecular weight excluding hydrogens is 322 g/mol. The number of hydrogen-bond donors (Lipinski definition) is 1. The van der Waals surface area contributed by atoms with Gasteiger partial charge in [0, 0.05) is 16.7 Å². The van der Waals surface area contributed by atoms with Gasteiger partial charge in [-0.3, -0.25) is 0 Å². The molecule has 1 aromatic carbocycles. The van der Waals surface area contributed by atoms with Crippen LogP contribution in [0.3, 0.4) is 0 Å². The number of nitrogens with one attached hydrogen (secondary N) is 1. The predicted molar refractivity (Wildman–Crippen MR) is 95.3 cm³/mol. The Balaban J connectivity index is 2.86. The van der Waals surface area contributed by atoms with E-state index >= 15 is 0 Å². The average Bonchev–Trinajstić information content (AvgIpc) is 3.01. The van der Waals surface area contributed by atoms with E-state index in [1.165, 1.54) is 27.5 Å². The largest absolute Gasteiger partial charge is 0.493 e. The zero-order chi connectivity index (χ0) is 18.4. The molecule has 0 aliphatic carbocycles. The maximum absolute atomic E-state index is 9.39. The molecule has 0 radical (unpaired) electrons. The lowest BCUT2D eigenvalue weighted by Crippen LogP contribution is -1.98.